The highest BCUT2D eigenvalue weighted by atomic mass is 16.2. The number of rotatable bonds is 3. The summed E-state index contributed by atoms with van der Waals surface area (Å²) in [6, 6.07) is 0.532. The maximum atomic E-state index is 12.1. The summed E-state index contributed by atoms with van der Waals surface area (Å²) in [7, 11) is 0. The second-order valence-electron chi connectivity index (χ2n) is 5.60. The smallest absolute Gasteiger partial charge is 0.236 e. The fourth-order valence-corrected chi connectivity index (χ4v) is 2.96. The monoisotopic (exact) mass is 267 g/mol. The van der Waals surface area contributed by atoms with E-state index in [-0.39, 0.29) is 11.8 Å². The van der Waals surface area contributed by atoms with Gasteiger partial charge in [0.2, 0.25) is 11.8 Å². The fraction of sp³-hybridized carbons (Fsp3) is 0.857. The second kappa shape index (κ2) is 6.89. The van der Waals surface area contributed by atoms with Crippen LogP contribution in [0.5, 0.6) is 0 Å². The number of carbonyl (C=O) groups excluding carboxylic acids is 2. The first-order valence-electron chi connectivity index (χ1n) is 7.43. The first-order valence-corrected chi connectivity index (χ1v) is 7.43. The van der Waals surface area contributed by atoms with Crippen molar-refractivity contribution < 1.29 is 9.59 Å². The van der Waals surface area contributed by atoms with Crippen molar-refractivity contribution in [3.05, 3.63) is 0 Å². The highest BCUT2D eigenvalue weighted by molar-refractivity contribution is 5.78. The molecule has 0 atom stereocenters. The van der Waals surface area contributed by atoms with E-state index in [0.29, 0.717) is 25.7 Å². The van der Waals surface area contributed by atoms with Gasteiger partial charge in [-0.2, -0.15) is 0 Å². The molecule has 0 aromatic carbocycles. The number of carbonyl (C=O) groups is 2. The zero-order valence-corrected chi connectivity index (χ0v) is 11.9. The molecule has 2 fully saturated rings. The van der Waals surface area contributed by atoms with E-state index in [1.54, 1.807) is 6.92 Å². The van der Waals surface area contributed by atoms with Crippen molar-refractivity contribution in [3.8, 4) is 0 Å². The summed E-state index contributed by atoms with van der Waals surface area (Å²) in [5.74, 6) is 0.288. The molecule has 0 unspecified atom stereocenters. The second-order valence-corrected chi connectivity index (χ2v) is 5.60. The third-order valence-corrected chi connectivity index (χ3v) is 4.19. The largest absolute Gasteiger partial charge is 0.341 e. The van der Waals surface area contributed by atoms with Gasteiger partial charge < -0.3 is 15.1 Å². The minimum Gasteiger partial charge on any atom is -0.341 e. The molecule has 0 aromatic rings. The number of nitrogens with one attached hydrogen (secondary N) is 1. The molecule has 1 aliphatic carbocycles. The molecule has 0 radical (unpaired) electrons. The molecule has 2 aliphatic rings. The molecule has 1 N–H and O–H groups in total. The zero-order chi connectivity index (χ0) is 13.7. The van der Waals surface area contributed by atoms with Crippen molar-refractivity contribution in [3.63, 3.8) is 0 Å². The van der Waals surface area contributed by atoms with Crippen LogP contribution in [0.3, 0.4) is 0 Å². The maximum Gasteiger partial charge on any atom is 0.236 e. The normalized spacial score (nSPS) is 21.5. The molecule has 19 heavy (non-hydrogen) atoms. The minimum absolute atomic E-state index is 0.110. The Morgan fingerprint density at radius 2 is 1.63 bits per heavy atom. The van der Waals surface area contributed by atoms with Gasteiger partial charge in [0.1, 0.15) is 0 Å². The molecule has 5 nitrogen and oxygen atoms in total. The lowest BCUT2D eigenvalue weighted by Gasteiger charge is -2.22. The Bertz CT molecular complexity index is 327. The molecule has 1 saturated heterocycles. The van der Waals surface area contributed by atoms with Crippen molar-refractivity contribution in [2.75, 3.05) is 32.7 Å². The molecule has 0 bridgehead atoms. The lowest BCUT2D eigenvalue weighted by Crippen LogP contribution is -2.42. The molecule has 108 valence electrons. The first-order chi connectivity index (χ1) is 9.16. The summed E-state index contributed by atoms with van der Waals surface area (Å²) in [6.07, 6.45) is 5.85. The quantitative estimate of drug-likeness (QED) is 0.814. The average Bonchev–Trinajstić information content (AvgIpc) is 2.77. The first kappa shape index (κ1) is 14.3. The third-order valence-electron chi connectivity index (χ3n) is 4.19. The Morgan fingerprint density at radius 3 is 2.32 bits per heavy atom. The van der Waals surface area contributed by atoms with Gasteiger partial charge >= 0.3 is 0 Å². The summed E-state index contributed by atoms with van der Waals surface area (Å²) in [5.41, 5.74) is 0. The average molecular weight is 267 g/mol. The molecule has 5 heteroatoms. The molecule has 1 aliphatic heterocycles. The van der Waals surface area contributed by atoms with Crippen molar-refractivity contribution in [1.82, 2.24) is 15.1 Å². The van der Waals surface area contributed by atoms with Gasteiger partial charge in [-0.3, -0.25) is 9.59 Å². The number of hydrogen-bond donors (Lipinski definition) is 1. The van der Waals surface area contributed by atoms with Crippen LogP contribution in [-0.2, 0) is 9.59 Å². The topological polar surface area (TPSA) is 52.7 Å². The van der Waals surface area contributed by atoms with Gasteiger partial charge in [-0.05, 0) is 19.3 Å². The van der Waals surface area contributed by atoms with E-state index in [4.69, 9.17) is 0 Å². The van der Waals surface area contributed by atoms with Crippen LogP contribution in [0, 0.1) is 0 Å². The SMILES string of the molecule is CC(=O)N1CCCN(C(=O)CNC2CCCC2)CC1. The van der Waals surface area contributed by atoms with Crippen LogP contribution in [-0.4, -0.2) is 60.4 Å². The van der Waals surface area contributed by atoms with Crippen LogP contribution in [0.2, 0.25) is 0 Å². The summed E-state index contributed by atoms with van der Waals surface area (Å²) in [6.45, 7) is 4.93. The number of nitrogens with zero attached hydrogens (tertiary/aromatic N) is 2. The van der Waals surface area contributed by atoms with E-state index >= 15 is 0 Å². The summed E-state index contributed by atoms with van der Waals surface area (Å²) in [5, 5.41) is 3.36. The molecular weight excluding hydrogens is 242 g/mol. The molecular formula is C14H25N3O2. The Morgan fingerprint density at radius 1 is 1.00 bits per heavy atom. The molecule has 1 heterocycles. The van der Waals surface area contributed by atoms with Crippen LogP contribution in [0.25, 0.3) is 0 Å². The molecule has 1 saturated carbocycles. The van der Waals surface area contributed by atoms with Gasteiger partial charge in [0.25, 0.3) is 0 Å². The van der Waals surface area contributed by atoms with Gasteiger partial charge in [-0.1, -0.05) is 12.8 Å². The third kappa shape index (κ3) is 4.20. The van der Waals surface area contributed by atoms with E-state index in [1.165, 1.54) is 25.7 Å². The van der Waals surface area contributed by atoms with Gasteiger partial charge in [0.05, 0.1) is 6.54 Å². The highest BCUT2D eigenvalue weighted by Crippen LogP contribution is 2.17. The Labute approximate surface area is 115 Å². The summed E-state index contributed by atoms with van der Waals surface area (Å²) >= 11 is 0. The summed E-state index contributed by atoms with van der Waals surface area (Å²) < 4.78 is 0. The van der Waals surface area contributed by atoms with Crippen molar-refractivity contribution in [2.24, 2.45) is 0 Å². The van der Waals surface area contributed by atoms with E-state index in [2.05, 4.69) is 5.32 Å². The molecule has 0 spiro atoms. The molecule has 2 amide bonds. The number of amides is 2. The van der Waals surface area contributed by atoms with Crippen molar-refractivity contribution in [2.45, 2.75) is 45.1 Å². The van der Waals surface area contributed by atoms with Crippen LogP contribution >= 0.6 is 0 Å². The minimum atomic E-state index is 0.110. The van der Waals surface area contributed by atoms with E-state index in [0.717, 1.165) is 19.5 Å². The van der Waals surface area contributed by atoms with Crippen molar-refractivity contribution in [1.29, 1.82) is 0 Å². The predicted octanol–water partition coefficient (Wildman–Crippen LogP) is 0.599. The van der Waals surface area contributed by atoms with Crippen molar-refractivity contribution >= 4 is 11.8 Å². The Kier molecular flexibility index (Phi) is 5.19. The Balaban J connectivity index is 1.74. The summed E-state index contributed by atoms with van der Waals surface area (Å²) in [4.78, 5) is 27.2. The van der Waals surface area contributed by atoms with Gasteiger partial charge in [-0.15, -0.1) is 0 Å². The van der Waals surface area contributed by atoms with E-state index in [9.17, 15) is 9.59 Å². The van der Waals surface area contributed by atoms with Gasteiger partial charge in [0.15, 0.2) is 0 Å². The lowest BCUT2D eigenvalue weighted by molar-refractivity contribution is -0.132. The predicted molar refractivity (Wildman–Crippen MR) is 73.7 cm³/mol. The fourth-order valence-electron chi connectivity index (χ4n) is 2.96. The van der Waals surface area contributed by atoms with Gasteiger partial charge in [-0.25, -0.2) is 0 Å². The zero-order valence-electron chi connectivity index (χ0n) is 11.9. The van der Waals surface area contributed by atoms with Crippen LogP contribution in [0.4, 0.5) is 0 Å². The van der Waals surface area contributed by atoms with Crippen LogP contribution in [0.15, 0.2) is 0 Å². The van der Waals surface area contributed by atoms with E-state index < -0.39 is 0 Å². The van der Waals surface area contributed by atoms with Crippen LogP contribution in [0.1, 0.15) is 39.0 Å². The van der Waals surface area contributed by atoms with Crippen LogP contribution < -0.4 is 5.32 Å². The Hall–Kier alpha value is -1.10. The molecule has 2 rings (SSSR count). The maximum absolute atomic E-state index is 12.1. The van der Waals surface area contributed by atoms with Gasteiger partial charge in [0, 0.05) is 39.1 Å². The molecule has 0 aromatic heterocycles. The lowest BCUT2D eigenvalue weighted by atomic mass is 10.2. The number of hydrogen-bond acceptors (Lipinski definition) is 3. The standard InChI is InChI=1S/C14H25N3O2/c1-12(18)16-7-4-8-17(10-9-16)14(19)11-15-13-5-2-3-6-13/h13,15H,2-11H2,1H3. The highest BCUT2D eigenvalue weighted by Gasteiger charge is 2.21. The van der Waals surface area contributed by atoms with E-state index in [1.807, 2.05) is 9.80 Å².